The summed E-state index contributed by atoms with van der Waals surface area (Å²) in [6.45, 7) is 4.04. The van der Waals surface area contributed by atoms with Crippen LogP contribution in [0.5, 0.6) is 0 Å². The Balaban J connectivity index is 1.51. The average Bonchev–Trinajstić information content (AvgIpc) is 3.28. The van der Waals surface area contributed by atoms with E-state index in [-0.39, 0.29) is 17.2 Å². The van der Waals surface area contributed by atoms with Crippen LogP contribution in [-0.2, 0) is 4.79 Å². The van der Waals surface area contributed by atoms with E-state index in [4.69, 9.17) is 0 Å². The lowest BCUT2D eigenvalue weighted by Crippen LogP contribution is -2.24. The molecule has 0 aliphatic rings. The summed E-state index contributed by atoms with van der Waals surface area (Å²) in [7, 11) is 0. The number of hydrogen-bond donors (Lipinski definition) is 1. The van der Waals surface area contributed by atoms with Crippen molar-refractivity contribution in [2.75, 3.05) is 5.75 Å². The van der Waals surface area contributed by atoms with Crippen molar-refractivity contribution in [1.82, 2.24) is 20.2 Å². The van der Waals surface area contributed by atoms with Gasteiger partial charge >= 0.3 is 0 Å². The molecule has 0 fully saturated rings. The van der Waals surface area contributed by atoms with E-state index in [9.17, 15) is 14.7 Å². The Hall–Kier alpha value is -4.24. The third-order valence-corrected chi connectivity index (χ3v) is 6.07. The van der Waals surface area contributed by atoms with Crippen molar-refractivity contribution in [3.8, 4) is 17.1 Å². The zero-order chi connectivity index (χ0) is 24.8. The molecule has 0 saturated heterocycles. The Morgan fingerprint density at radius 1 is 0.971 bits per heavy atom. The van der Waals surface area contributed by atoms with Crippen LogP contribution in [0.4, 0.5) is 0 Å². The first kappa shape index (κ1) is 23.9. The number of thioether (sulfide) groups is 1. The minimum absolute atomic E-state index is 0.00490. The summed E-state index contributed by atoms with van der Waals surface area (Å²) in [6, 6.07) is 22.3. The molecule has 4 rings (SSSR count). The second-order valence-corrected chi connectivity index (χ2v) is 8.74. The Morgan fingerprint density at radius 3 is 2.31 bits per heavy atom. The quantitative estimate of drug-likeness (QED) is 0.234. The summed E-state index contributed by atoms with van der Waals surface area (Å²) in [4.78, 5) is 23.6. The Kier molecular flexibility index (Phi) is 7.37. The fraction of sp³-hybridized carbons (Fsp3) is 0.115. The SMILES string of the molecule is Cc1ccc(-c2nnc(SCC(=O)N/N=C\c3ccccc3C(=O)[O-])n2-c2ccc(C)cc2)cc1. The topological polar surface area (TPSA) is 112 Å². The third kappa shape index (κ3) is 5.82. The zero-order valence-electron chi connectivity index (χ0n) is 19.1. The number of carbonyl (C=O) groups excluding carboxylic acids is 2. The number of aryl methyl sites for hydroxylation is 2. The number of amides is 1. The van der Waals surface area contributed by atoms with E-state index in [0.717, 1.165) is 22.4 Å². The Morgan fingerprint density at radius 2 is 1.63 bits per heavy atom. The van der Waals surface area contributed by atoms with Gasteiger partial charge in [-0.15, -0.1) is 10.2 Å². The van der Waals surface area contributed by atoms with Gasteiger partial charge in [0.2, 0.25) is 0 Å². The van der Waals surface area contributed by atoms with Crippen molar-refractivity contribution >= 4 is 29.9 Å². The molecule has 1 heterocycles. The van der Waals surface area contributed by atoms with E-state index in [1.54, 1.807) is 18.2 Å². The van der Waals surface area contributed by atoms with Gasteiger partial charge in [0, 0.05) is 22.4 Å². The fourth-order valence-electron chi connectivity index (χ4n) is 3.31. The summed E-state index contributed by atoms with van der Waals surface area (Å²) in [5.41, 5.74) is 6.82. The lowest BCUT2D eigenvalue weighted by atomic mass is 10.1. The Bertz CT molecular complexity index is 1380. The predicted octanol–water partition coefficient (Wildman–Crippen LogP) is 3.16. The van der Waals surface area contributed by atoms with Crippen LogP contribution in [0.15, 0.2) is 83.1 Å². The molecule has 176 valence electrons. The van der Waals surface area contributed by atoms with E-state index >= 15 is 0 Å². The van der Waals surface area contributed by atoms with Gasteiger partial charge in [-0.2, -0.15) is 5.10 Å². The standard InChI is InChI=1S/C26H23N5O3S/c1-17-7-11-19(12-8-17)24-29-30-26(31(24)21-13-9-18(2)10-14-21)35-16-23(32)28-27-15-20-5-3-4-6-22(20)25(33)34/h3-15H,16H2,1-2H3,(H,28,32)(H,33,34)/p-1/b27-15-. The van der Waals surface area contributed by atoms with E-state index in [0.29, 0.717) is 16.5 Å². The average molecular weight is 485 g/mol. The van der Waals surface area contributed by atoms with E-state index in [2.05, 4.69) is 20.7 Å². The molecule has 0 spiro atoms. The molecule has 4 aromatic rings. The molecule has 8 nitrogen and oxygen atoms in total. The maximum Gasteiger partial charge on any atom is 0.250 e. The predicted molar refractivity (Wildman–Crippen MR) is 134 cm³/mol. The highest BCUT2D eigenvalue weighted by Gasteiger charge is 2.17. The van der Waals surface area contributed by atoms with Gasteiger partial charge in [-0.3, -0.25) is 9.36 Å². The molecule has 0 unspecified atom stereocenters. The van der Waals surface area contributed by atoms with Crippen molar-refractivity contribution in [2.24, 2.45) is 5.10 Å². The highest BCUT2D eigenvalue weighted by atomic mass is 32.2. The first-order chi connectivity index (χ1) is 16.9. The van der Waals surface area contributed by atoms with Crippen molar-refractivity contribution in [3.05, 3.63) is 95.1 Å². The van der Waals surface area contributed by atoms with Gasteiger partial charge < -0.3 is 9.90 Å². The van der Waals surface area contributed by atoms with E-state index < -0.39 is 5.97 Å². The lowest BCUT2D eigenvalue weighted by molar-refractivity contribution is -0.255. The van der Waals surface area contributed by atoms with E-state index in [1.807, 2.05) is 66.9 Å². The number of hydrazone groups is 1. The van der Waals surface area contributed by atoms with Crippen LogP contribution < -0.4 is 10.5 Å². The fourth-order valence-corrected chi connectivity index (χ4v) is 4.06. The highest BCUT2D eigenvalue weighted by molar-refractivity contribution is 7.99. The molecule has 9 heteroatoms. The molecular weight excluding hydrogens is 462 g/mol. The first-order valence-corrected chi connectivity index (χ1v) is 11.8. The zero-order valence-corrected chi connectivity index (χ0v) is 20.0. The molecule has 35 heavy (non-hydrogen) atoms. The third-order valence-electron chi connectivity index (χ3n) is 5.14. The Labute approximate surface area is 206 Å². The molecular formula is C26H22N5O3S-. The maximum atomic E-state index is 12.4. The van der Waals surface area contributed by atoms with Crippen LogP contribution in [-0.4, -0.2) is 38.6 Å². The summed E-state index contributed by atoms with van der Waals surface area (Å²) >= 11 is 1.23. The van der Waals surface area contributed by atoms with Crippen molar-refractivity contribution in [2.45, 2.75) is 19.0 Å². The van der Waals surface area contributed by atoms with Gasteiger partial charge in [-0.05, 0) is 26.0 Å². The van der Waals surface area contributed by atoms with Crippen LogP contribution in [0, 0.1) is 13.8 Å². The van der Waals surface area contributed by atoms with Gasteiger partial charge in [-0.25, -0.2) is 5.43 Å². The molecule has 0 atom stereocenters. The van der Waals surface area contributed by atoms with Crippen LogP contribution >= 0.6 is 11.8 Å². The molecule has 0 radical (unpaired) electrons. The summed E-state index contributed by atoms with van der Waals surface area (Å²) < 4.78 is 1.92. The second-order valence-electron chi connectivity index (χ2n) is 7.80. The van der Waals surface area contributed by atoms with Gasteiger partial charge in [0.1, 0.15) is 0 Å². The van der Waals surface area contributed by atoms with Crippen molar-refractivity contribution < 1.29 is 14.7 Å². The first-order valence-electron chi connectivity index (χ1n) is 10.8. The number of carboxylic acid groups (broad SMARTS) is 1. The van der Waals surface area contributed by atoms with Crippen LogP contribution in [0.2, 0.25) is 0 Å². The monoisotopic (exact) mass is 484 g/mol. The summed E-state index contributed by atoms with van der Waals surface area (Å²) in [5.74, 6) is -0.966. The lowest BCUT2D eigenvalue weighted by Gasteiger charge is -2.11. The number of nitrogens with one attached hydrogen (secondary N) is 1. The molecule has 1 aromatic heterocycles. The normalized spacial score (nSPS) is 11.0. The largest absolute Gasteiger partial charge is 0.545 e. The molecule has 1 N–H and O–H groups in total. The van der Waals surface area contributed by atoms with Gasteiger partial charge in [0.05, 0.1) is 17.9 Å². The molecule has 1 amide bonds. The minimum Gasteiger partial charge on any atom is -0.545 e. The van der Waals surface area contributed by atoms with Gasteiger partial charge in [0.25, 0.3) is 5.91 Å². The molecule has 0 saturated carbocycles. The number of benzene rings is 3. The number of hydrogen-bond acceptors (Lipinski definition) is 7. The van der Waals surface area contributed by atoms with Crippen LogP contribution in [0.25, 0.3) is 17.1 Å². The second kappa shape index (κ2) is 10.8. The molecule has 3 aromatic carbocycles. The minimum atomic E-state index is -1.31. The number of carbonyl (C=O) groups is 2. The molecule has 0 aliphatic carbocycles. The number of aromatic carboxylic acids is 1. The van der Waals surface area contributed by atoms with E-state index in [1.165, 1.54) is 24.0 Å². The number of aromatic nitrogens is 3. The maximum absolute atomic E-state index is 12.4. The molecule has 0 bridgehead atoms. The van der Waals surface area contributed by atoms with Crippen molar-refractivity contribution in [1.29, 1.82) is 0 Å². The summed E-state index contributed by atoms with van der Waals surface area (Å²) in [5, 5.41) is 24.3. The summed E-state index contributed by atoms with van der Waals surface area (Å²) in [6.07, 6.45) is 1.28. The highest BCUT2D eigenvalue weighted by Crippen LogP contribution is 2.28. The van der Waals surface area contributed by atoms with Crippen LogP contribution in [0.1, 0.15) is 27.0 Å². The molecule has 0 aliphatic heterocycles. The smallest absolute Gasteiger partial charge is 0.250 e. The van der Waals surface area contributed by atoms with Gasteiger partial charge in [0.15, 0.2) is 11.0 Å². The van der Waals surface area contributed by atoms with Crippen LogP contribution in [0.3, 0.4) is 0 Å². The number of carboxylic acids is 1. The number of nitrogens with zero attached hydrogens (tertiary/aromatic N) is 4. The number of rotatable bonds is 8. The van der Waals surface area contributed by atoms with Gasteiger partial charge in [-0.1, -0.05) is 83.6 Å². The van der Waals surface area contributed by atoms with Crippen molar-refractivity contribution in [3.63, 3.8) is 0 Å².